The lowest BCUT2D eigenvalue weighted by Gasteiger charge is -2.09. The molecule has 0 aliphatic rings. The maximum absolute atomic E-state index is 11.8. The maximum Gasteiger partial charge on any atom is 0.277 e. The molecule has 1 amide bonds. The van der Waals surface area contributed by atoms with Crippen LogP contribution in [-0.2, 0) is 4.79 Å². The van der Waals surface area contributed by atoms with Crippen molar-refractivity contribution in [3.63, 3.8) is 0 Å². The minimum Gasteiger partial charge on any atom is -0.494 e. The number of carbonyl (C=O) groups is 1. The summed E-state index contributed by atoms with van der Waals surface area (Å²) in [5, 5.41) is 3.92. The van der Waals surface area contributed by atoms with Crippen molar-refractivity contribution in [1.82, 2.24) is 5.43 Å². The zero-order valence-corrected chi connectivity index (χ0v) is 15.7. The quantitative estimate of drug-likeness (QED) is 0.512. The molecule has 27 heavy (non-hydrogen) atoms. The van der Waals surface area contributed by atoms with E-state index in [0.717, 1.165) is 11.3 Å². The highest BCUT2D eigenvalue weighted by molar-refractivity contribution is 5.83. The summed E-state index contributed by atoms with van der Waals surface area (Å²) in [6.07, 6.45) is 1.52. The van der Waals surface area contributed by atoms with Crippen LogP contribution < -0.4 is 24.4 Å². The van der Waals surface area contributed by atoms with Gasteiger partial charge in [-0.1, -0.05) is 0 Å². The standard InChI is InChI=1S/C20H24N2O5/c1-4-25-16-7-9-17(10-8-16)27-14-20(23)22-21-13-15-6-11-18(26-5-2)19(12-15)24-3/h6-13H,4-5,14H2,1-3H3,(H,22,23)/b21-13-. The van der Waals surface area contributed by atoms with E-state index in [1.807, 2.05) is 19.9 Å². The van der Waals surface area contributed by atoms with Crippen LogP contribution in [0.15, 0.2) is 47.6 Å². The van der Waals surface area contributed by atoms with E-state index < -0.39 is 0 Å². The van der Waals surface area contributed by atoms with Crippen LogP contribution in [0.1, 0.15) is 19.4 Å². The molecule has 144 valence electrons. The Morgan fingerprint density at radius 3 is 2.26 bits per heavy atom. The molecule has 2 rings (SSSR count). The molecule has 2 aromatic carbocycles. The number of hydrogen-bond donors (Lipinski definition) is 1. The predicted molar refractivity (Wildman–Crippen MR) is 103 cm³/mol. The Balaban J connectivity index is 1.82. The monoisotopic (exact) mass is 372 g/mol. The number of hydrogen-bond acceptors (Lipinski definition) is 6. The van der Waals surface area contributed by atoms with Crippen molar-refractivity contribution in [3.8, 4) is 23.0 Å². The van der Waals surface area contributed by atoms with Gasteiger partial charge in [-0.2, -0.15) is 5.10 Å². The summed E-state index contributed by atoms with van der Waals surface area (Å²) in [6, 6.07) is 12.4. The minimum atomic E-state index is -0.363. The average molecular weight is 372 g/mol. The van der Waals surface area contributed by atoms with Gasteiger partial charge in [-0.25, -0.2) is 5.43 Å². The Hall–Kier alpha value is -3.22. The van der Waals surface area contributed by atoms with Crippen LogP contribution >= 0.6 is 0 Å². The van der Waals surface area contributed by atoms with E-state index in [-0.39, 0.29) is 12.5 Å². The zero-order chi connectivity index (χ0) is 19.5. The molecule has 0 bridgehead atoms. The van der Waals surface area contributed by atoms with Gasteiger partial charge in [-0.15, -0.1) is 0 Å². The number of ether oxygens (including phenoxy) is 4. The largest absolute Gasteiger partial charge is 0.494 e. The molecule has 0 saturated carbocycles. The first-order chi connectivity index (χ1) is 13.2. The number of carbonyl (C=O) groups excluding carboxylic acids is 1. The first kappa shape index (κ1) is 20.1. The Labute approximate surface area is 158 Å². The topological polar surface area (TPSA) is 78.4 Å². The van der Waals surface area contributed by atoms with Crippen LogP contribution in [0.3, 0.4) is 0 Å². The summed E-state index contributed by atoms with van der Waals surface area (Å²) in [7, 11) is 1.57. The molecule has 7 heteroatoms. The highest BCUT2D eigenvalue weighted by atomic mass is 16.5. The van der Waals surface area contributed by atoms with Gasteiger partial charge < -0.3 is 18.9 Å². The summed E-state index contributed by atoms with van der Waals surface area (Å²) in [5.74, 6) is 2.23. The second-order valence-electron chi connectivity index (χ2n) is 5.33. The van der Waals surface area contributed by atoms with Crippen molar-refractivity contribution in [2.45, 2.75) is 13.8 Å². The Morgan fingerprint density at radius 1 is 0.963 bits per heavy atom. The number of rotatable bonds is 10. The SMILES string of the molecule is CCOc1ccc(OCC(=O)N/N=C\c2ccc(OCC)c(OC)c2)cc1. The molecule has 0 unspecified atom stereocenters. The van der Waals surface area contributed by atoms with Gasteiger partial charge in [0, 0.05) is 0 Å². The van der Waals surface area contributed by atoms with E-state index in [4.69, 9.17) is 18.9 Å². The van der Waals surface area contributed by atoms with Gasteiger partial charge in [0.05, 0.1) is 26.5 Å². The van der Waals surface area contributed by atoms with Crippen molar-refractivity contribution in [2.75, 3.05) is 26.9 Å². The normalized spacial score (nSPS) is 10.5. The van der Waals surface area contributed by atoms with E-state index in [0.29, 0.717) is 30.5 Å². The fraction of sp³-hybridized carbons (Fsp3) is 0.300. The van der Waals surface area contributed by atoms with Crippen LogP contribution in [0.5, 0.6) is 23.0 Å². The molecule has 7 nitrogen and oxygen atoms in total. The number of benzene rings is 2. The van der Waals surface area contributed by atoms with Gasteiger partial charge in [-0.05, 0) is 61.9 Å². The highest BCUT2D eigenvalue weighted by Gasteiger charge is 2.05. The van der Waals surface area contributed by atoms with Gasteiger partial charge >= 0.3 is 0 Å². The molecule has 1 N–H and O–H groups in total. The van der Waals surface area contributed by atoms with Crippen LogP contribution in [0.4, 0.5) is 0 Å². The minimum absolute atomic E-state index is 0.141. The van der Waals surface area contributed by atoms with Gasteiger partial charge in [0.1, 0.15) is 11.5 Å². The summed E-state index contributed by atoms with van der Waals surface area (Å²) in [5.41, 5.74) is 3.19. The van der Waals surface area contributed by atoms with E-state index in [1.54, 1.807) is 43.5 Å². The second-order valence-corrected chi connectivity index (χ2v) is 5.33. The molecule has 0 fully saturated rings. The Morgan fingerprint density at radius 2 is 1.63 bits per heavy atom. The Bertz CT molecular complexity index is 759. The predicted octanol–water partition coefficient (Wildman–Crippen LogP) is 3.02. The lowest BCUT2D eigenvalue weighted by Crippen LogP contribution is -2.24. The van der Waals surface area contributed by atoms with Crippen LogP contribution in [0, 0.1) is 0 Å². The van der Waals surface area contributed by atoms with Crippen LogP contribution in [0.25, 0.3) is 0 Å². The molecule has 0 aliphatic heterocycles. The Kier molecular flexibility index (Phi) is 7.96. The number of nitrogens with one attached hydrogen (secondary N) is 1. The first-order valence-electron chi connectivity index (χ1n) is 8.64. The van der Waals surface area contributed by atoms with Gasteiger partial charge in [0.2, 0.25) is 0 Å². The molecular weight excluding hydrogens is 348 g/mol. The van der Waals surface area contributed by atoms with Crippen molar-refractivity contribution >= 4 is 12.1 Å². The molecule has 0 heterocycles. The van der Waals surface area contributed by atoms with Crippen molar-refractivity contribution in [2.24, 2.45) is 5.10 Å². The van der Waals surface area contributed by atoms with E-state index in [1.165, 1.54) is 6.21 Å². The van der Waals surface area contributed by atoms with Crippen LogP contribution in [0.2, 0.25) is 0 Å². The lowest BCUT2D eigenvalue weighted by molar-refractivity contribution is -0.123. The average Bonchev–Trinajstić information content (AvgIpc) is 2.69. The number of nitrogens with zero attached hydrogens (tertiary/aromatic N) is 1. The van der Waals surface area contributed by atoms with Gasteiger partial charge in [0.25, 0.3) is 5.91 Å². The number of hydrazone groups is 1. The molecule has 0 aliphatic carbocycles. The zero-order valence-electron chi connectivity index (χ0n) is 15.7. The number of amides is 1. The van der Waals surface area contributed by atoms with E-state index in [9.17, 15) is 4.79 Å². The van der Waals surface area contributed by atoms with E-state index in [2.05, 4.69) is 10.5 Å². The third-order valence-electron chi connectivity index (χ3n) is 3.40. The van der Waals surface area contributed by atoms with Crippen molar-refractivity contribution in [3.05, 3.63) is 48.0 Å². The third kappa shape index (κ3) is 6.54. The maximum atomic E-state index is 11.8. The highest BCUT2D eigenvalue weighted by Crippen LogP contribution is 2.27. The van der Waals surface area contributed by atoms with Crippen LogP contribution in [-0.4, -0.2) is 39.1 Å². The lowest BCUT2D eigenvalue weighted by atomic mass is 10.2. The molecule has 0 spiro atoms. The van der Waals surface area contributed by atoms with E-state index >= 15 is 0 Å². The van der Waals surface area contributed by atoms with Gasteiger partial charge in [-0.3, -0.25) is 4.79 Å². The molecule has 0 atom stereocenters. The summed E-state index contributed by atoms with van der Waals surface area (Å²) < 4.78 is 21.5. The molecule has 0 saturated heterocycles. The van der Waals surface area contributed by atoms with Crippen molar-refractivity contribution in [1.29, 1.82) is 0 Å². The fourth-order valence-electron chi connectivity index (χ4n) is 2.20. The molecular formula is C20H24N2O5. The number of methoxy groups -OCH3 is 1. The van der Waals surface area contributed by atoms with Gasteiger partial charge in [0.15, 0.2) is 18.1 Å². The molecule has 2 aromatic rings. The summed E-state index contributed by atoms with van der Waals surface area (Å²) in [4.78, 5) is 11.8. The third-order valence-corrected chi connectivity index (χ3v) is 3.40. The second kappa shape index (κ2) is 10.7. The fourth-order valence-corrected chi connectivity index (χ4v) is 2.20. The summed E-state index contributed by atoms with van der Waals surface area (Å²) in [6.45, 7) is 4.82. The first-order valence-corrected chi connectivity index (χ1v) is 8.64. The smallest absolute Gasteiger partial charge is 0.277 e. The molecule has 0 aromatic heterocycles. The van der Waals surface area contributed by atoms with Crippen molar-refractivity contribution < 1.29 is 23.7 Å². The molecule has 0 radical (unpaired) electrons. The summed E-state index contributed by atoms with van der Waals surface area (Å²) >= 11 is 0.